The van der Waals surface area contributed by atoms with Crippen molar-refractivity contribution in [3.63, 3.8) is 0 Å². The van der Waals surface area contributed by atoms with Gasteiger partial charge in [-0.15, -0.1) is 0 Å². The van der Waals surface area contributed by atoms with Gasteiger partial charge in [0.2, 0.25) is 11.8 Å². The number of anilines is 1. The fraction of sp³-hybridized carbons (Fsp3) is 0.500. The molecule has 0 aliphatic carbocycles. The molecule has 1 saturated heterocycles. The van der Waals surface area contributed by atoms with Gasteiger partial charge in [-0.25, -0.2) is 9.97 Å². The molecule has 1 aromatic heterocycles. The lowest BCUT2D eigenvalue weighted by Gasteiger charge is -2.32. The second-order valence-electron chi connectivity index (χ2n) is 7.22. The molecule has 1 aromatic carbocycles. The van der Waals surface area contributed by atoms with E-state index in [-0.39, 0.29) is 11.8 Å². The maximum Gasteiger partial charge on any atom is 0.224 e. The van der Waals surface area contributed by atoms with E-state index in [1.165, 1.54) is 11.9 Å². The minimum absolute atomic E-state index is 0.0998. The Bertz CT molecular complexity index is 755. The van der Waals surface area contributed by atoms with Crippen LogP contribution in [0.5, 0.6) is 11.6 Å². The van der Waals surface area contributed by atoms with Crippen molar-refractivity contribution in [3.8, 4) is 11.6 Å². The molecular formula is C22H30N4O2. The van der Waals surface area contributed by atoms with E-state index in [9.17, 15) is 4.79 Å². The van der Waals surface area contributed by atoms with Gasteiger partial charge in [0, 0.05) is 31.6 Å². The molecule has 6 heteroatoms. The minimum atomic E-state index is 0.0998. The molecule has 1 fully saturated rings. The van der Waals surface area contributed by atoms with E-state index in [1.54, 1.807) is 0 Å². The van der Waals surface area contributed by atoms with Crippen LogP contribution in [0.3, 0.4) is 0 Å². The maximum absolute atomic E-state index is 12.2. The molecule has 0 radical (unpaired) electrons. The maximum atomic E-state index is 12.2. The molecule has 0 spiro atoms. The lowest BCUT2D eigenvalue weighted by molar-refractivity contribution is -0.125. The third kappa shape index (κ3) is 5.44. The number of rotatable bonds is 8. The number of piperidine rings is 1. The van der Waals surface area contributed by atoms with Gasteiger partial charge in [-0.1, -0.05) is 32.4 Å². The summed E-state index contributed by atoms with van der Waals surface area (Å²) in [5, 5.41) is 3.05. The van der Waals surface area contributed by atoms with E-state index in [2.05, 4.69) is 46.2 Å². The Kier molecular flexibility index (Phi) is 7.23. The Morgan fingerprint density at radius 2 is 1.93 bits per heavy atom. The highest BCUT2D eigenvalue weighted by Gasteiger charge is 2.25. The molecule has 3 rings (SSSR count). The molecule has 1 aliphatic heterocycles. The number of nitrogens with one attached hydrogen (secondary N) is 1. The average Bonchev–Trinajstić information content (AvgIpc) is 2.75. The van der Waals surface area contributed by atoms with Crippen LogP contribution in [0, 0.1) is 5.92 Å². The highest BCUT2D eigenvalue weighted by molar-refractivity contribution is 5.78. The number of aryl methyl sites for hydroxylation is 1. The fourth-order valence-corrected chi connectivity index (χ4v) is 3.38. The van der Waals surface area contributed by atoms with Gasteiger partial charge < -0.3 is 15.0 Å². The van der Waals surface area contributed by atoms with Crippen molar-refractivity contribution in [3.05, 3.63) is 42.2 Å². The van der Waals surface area contributed by atoms with Crippen LogP contribution in [0.25, 0.3) is 0 Å². The predicted molar refractivity (Wildman–Crippen MR) is 111 cm³/mol. The quantitative estimate of drug-likeness (QED) is 0.700. The largest absolute Gasteiger partial charge is 0.439 e. The van der Waals surface area contributed by atoms with Crippen molar-refractivity contribution in [1.29, 1.82) is 0 Å². The highest BCUT2D eigenvalue weighted by Crippen LogP contribution is 2.26. The molecule has 0 bridgehead atoms. The van der Waals surface area contributed by atoms with Crippen LogP contribution in [0.4, 0.5) is 5.82 Å². The van der Waals surface area contributed by atoms with E-state index in [0.717, 1.165) is 63.3 Å². The van der Waals surface area contributed by atoms with Crippen LogP contribution in [-0.2, 0) is 11.2 Å². The molecule has 2 aromatic rings. The number of hydrogen-bond acceptors (Lipinski definition) is 5. The van der Waals surface area contributed by atoms with Crippen LogP contribution >= 0.6 is 0 Å². The Balaban J connectivity index is 1.55. The molecule has 1 N–H and O–H groups in total. The fourth-order valence-electron chi connectivity index (χ4n) is 3.38. The van der Waals surface area contributed by atoms with Crippen molar-refractivity contribution in [2.75, 3.05) is 24.5 Å². The summed E-state index contributed by atoms with van der Waals surface area (Å²) in [6.07, 6.45) is 6.36. The van der Waals surface area contributed by atoms with Gasteiger partial charge >= 0.3 is 0 Å². The second-order valence-corrected chi connectivity index (χ2v) is 7.22. The van der Waals surface area contributed by atoms with Crippen LogP contribution in [0.15, 0.2) is 36.7 Å². The standard InChI is InChI=1S/C22H30N4O2/c1-3-5-12-23-22(27)18-10-13-26(14-11-18)20-15-21(25-16-24-20)28-19-8-6-17(4-2)7-9-19/h6-9,15-16,18H,3-5,10-14H2,1-2H3,(H,23,27). The number of aromatic nitrogens is 2. The zero-order valence-corrected chi connectivity index (χ0v) is 16.9. The van der Waals surface area contributed by atoms with Crippen molar-refractivity contribution >= 4 is 11.7 Å². The number of amides is 1. The van der Waals surface area contributed by atoms with E-state index in [1.807, 2.05) is 18.2 Å². The van der Waals surface area contributed by atoms with Crippen LogP contribution in [0.2, 0.25) is 0 Å². The summed E-state index contributed by atoms with van der Waals surface area (Å²) in [5.41, 5.74) is 1.28. The molecule has 0 atom stereocenters. The number of benzene rings is 1. The number of unbranched alkanes of at least 4 members (excludes halogenated alkanes) is 1. The molecular weight excluding hydrogens is 352 g/mol. The summed E-state index contributed by atoms with van der Waals surface area (Å²) >= 11 is 0. The number of hydrogen-bond donors (Lipinski definition) is 1. The summed E-state index contributed by atoms with van der Waals surface area (Å²) in [6, 6.07) is 9.92. The average molecular weight is 383 g/mol. The van der Waals surface area contributed by atoms with Gasteiger partial charge in [0.1, 0.15) is 17.9 Å². The lowest BCUT2D eigenvalue weighted by Crippen LogP contribution is -2.41. The normalized spacial score (nSPS) is 14.7. The highest BCUT2D eigenvalue weighted by atomic mass is 16.5. The third-order valence-electron chi connectivity index (χ3n) is 5.20. The first-order valence-corrected chi connectivity index (χ1v) is 10.3. The zero-order chi connectivity index (χ0) is 19.8. The number of carbonyl (C=O) groups is 1. The first-order valence-electron chi connectivity index (χ1n) is 10.3. The van der Waals surface area contributed by atoms with E-state index < -0.39 is 0 Å². The summed E-state index contributed by atoms with van der Waals surface area (Å²) < 4.78 is 5.88. The van der Waals surface area contributed by atoms with Crippen molar-refractivity contribution in [1.82, 2.24) is 15.3 Å². The van der Waals surface area contributed by atoms with Gasteiger partial charge in [-0.2, -0.15) is 0 Å². The Morgan fingerprint density at radius 3 is 2.61 bits per heavy atom. The van der Waals surface area contributed by atoms with Gasteiger partial charge in [0.15, 0.2) is 0 Å². The lowest BCUT2D eigenvalue weighted by atomic mass is 9.96. The number of ether oxygens (including phenoxy) is 1. The monoisotopic (exact) mass is 382 g/mol. The van der Waals surface area contributed by atoms with Crippen molar-refractivity contribution in [2.45, 2.75) is 46.0 Å². The molecule has 0 unspecified atom stereocenters. The third-order valence-corrected chi connectivity index (χ3v) is 5.20. The summed E-state index contributed by atoms with van der Waals surface area (Å²) in [5.74, 6) is 2.44. The van der Waals surface area contributed by atoms with Gasteiger partial charge in [0.05, 0.1) is 0 Å². The van der Waals surface area contributed by atoms with Crippen LogP contribution in [0.1, 0.15) is 45.1 Å². The molecule has 1 aliphatic rings. The first-order chi connectivity index (χ1) is 13.7. The Hall–Kier alpha value is -2.63. The van der Waals surface area contributed by atoms with Crippen LogP contribution < -0.4 is 15.0 Å². The summed E-state index contributed by atoms with van der Waals surface area (Å²) in [6.45, 7) is 6.66. The van der Waals surface area contributed by atoms with Gasteiger partial charge in [-0.05, 0) is 43.4 Å². The molecule has 150 valence electrons. The molecule has 1 amide bonds. The Morgan fingerprint density at radius 1 is 1.18 bits per heavy atom. The molecule has 28 heavy (non-hydrogen) atoms. The number of nitrogens with zero attached hydrogens (tertiary/aromatic N) is 3. The van der Waals surface area contributed by atoms with E-state index in [4.69, 9.17) is 4.74 Å². The summed E-state index contributed by atoms with van der Waals surface area (Å²) in [4.78, 5) is 23.1. The van der Waals surface area contributed by atoms with Gasteiger partial charge in [0.25, 0.3) is 0 Å². The SMILES string of the molecule is CCCCNC(=O)C1CCN(c2cc(Oc3ccc(CC)cc3)ncn2)CC1. The molecule has 0 saturated carbocycles. The Labute approximate surface area is 167 Å². The van der Waals surface area contributed by atoms with Crippen molar-refractivity contribution in [2.24, 2.45) is 5.92 Å². The zero-order valence-electron chi connectivity index (χ0n) is 16.9. The van der Waals surface area contributed by atoms with E-state index in [0.29, 0.717) is 5.88 Å². The molecule has 2 heterocycles. The van der Waals surface area contributed by atoms with E-state index >= 15 is 0 Å². The first kappa shape index (κ1) is 20.1. The molecule has 6 nitrogen and oxygen atoms in total. The second kappa shape index (κ2) is 10.1. The van der Waals surface area contributed by atoms with Gasteiger partial charge in [-0.3, -0.25) is 4.79 Å². The topological polar surface area (TPSA) is 67.4 Å². The van der Waals surface area contributed by atoms with Crippen LogP contribution in [-0.4, -0.2) is 35.5 Å². The number of carbonyl (C=O) groups excluding carboxylic acids is 1. The van der Waals surface area contributed by atoms with Crippen molar-refractivity contribution < 1.29 is 9.53 Å². The summed E-state index contributed by atoms with van der Waals surface area (Å²) in [7, 11) is 0. The predicted octanol–water partition coefficient (Wildman–Crippen LogP) is 3.96. The minimum Gasteiger partial charge on any atom is -0.439 e. The smallest absolute Gasteiger partial charge is 0.224 e.